The van der Waals surface area contributed by atoms with Gasteiger partial charge in [-0.05, 0) is 58.0 Å². The first-order valence-electron chi connectivity index (χ1n) is 10.4. The molecule has 1 N–H and O–H groups in total. The van der Waals surface area contributed by atoms with E-state index < -0.39 is 12.1 Å². The summed E-state index contributed by atoms with van der Waals surface area (Å²) in [6.45, 7) is 1.87. The molecule has 4 rings (SSSR count). The molecule has 8 nitrogen and oxygen atoms in total. The summed E-state index contributed by atoms with van der Waals surface area (Å²) in [6, 6.07) is 19.3. The molecule has 166 valence electrons. The van der Waals surface area contributed by atoms with Gasteiger partial charge in [0.05, 0.1) is 12.1 Å². The Morgan fingerprint density at radius 1 is 1.09 bits per heavy atom. The second-order valence-electron chi connectivity index (χ2n) is 7.88. The monoisotopic (exact) mass is 442 g/mol. The lowest BCUT2D eigenvalue weighted by Gasteiger charge is -2.22. The summed E-state index contributed by atoms with van der Waals surface area (Å²) < 4.78 is 5.70. The Morgan fingerprint density at radius 3 is 2.27 bits per heavy atom. The van der Waals surface area contributed by atoms with Crippen molar-refractivity contribution in [2.45, 2.75) is 19.3 Å². The van der Waals surface area contributed by atoms with E-state index in [1.54, 1.807) is 20.0 Å². The highest BCUT2D eigenvalue weighted by Gasteiger charge is 2.29. The van der Waals surface area contributed by atoms with Crippen LogP contribution in [-0.4, -0.2) is 30.8 Å². The third kappa shape index (κ3) is 4.24. The quantitative estimate of drug-likeness (QED) is 0.288. The zero-order chi connectivity index (χ0) is 23.5. The number of azide groups is 1. The maximum atomic E-state index is 13.0. The average molecular weight is 442 g/mol. The SMILES string of the molecule is Cc1c(N=[N+]=[N-])cc(CC(=O)O)cc1N(C)C(=O)OCC1c2ccccc2-c2ccccc21. The lowest BCUT2D eigenvalue weighted by atomic mass is 9.98. The minimum atomic E-state index is -1.03. The molecule has 0 saturated carbocycles. The van der Waals surface area contributed by atoms with Crippen molar-refractivity contribution in [3.8, 4) is 11.1 Å². The largest absolute Gasteiger partial charge is 0.481 e. The first kappa shape index (κ1) is 21.9. The van der Waals surface area contributed by atoms with Crippen LogP contribution in [0.2, 0.25) is 0 Å². The van der Waals surface area contributed by atoms with E-state index in [0.717, 1.165) is 22.3 Å². The van der Waals surface area contributed by atoms with Crippen molar-refractivity contribution in [1.82, 2.24) is 0 Å². The van der Waals surface area contributed by atoms with Gasteiger partial charge in [-0.2, -0.15) is 0 Å². The number of rotatable bonds is 6. The van der Waals surface area contributed by atoms with E-state index in [1.165, 1.54) is 11.0 Å². The molecule has 1 aliphatic rings. The number of carbonyl (C=O) groups is 2. The molecule has 0 fully saturated rings. The lowest BCUT2D eigenvalue weighted by Crippen LogP contribution is -2.29. The number of carboxylic acid groups (broad SMARTS) is 1. The van der Waals surface area contributed by atoms with Gasteiger partial charge in [0.15, 0.2) is 0 Å². The molecule has 3 aromatic carbocycles. The molecular formula is C25H22N4O4. The van der Waals surface area contributed by atoms with Crippen LogP contribution in [0.15, 0.2) is 65.8 Å². The third-order valence-corrected chi connectivity index (χ3v) is 5.89. The number of carboxylic acids is 1. The summed E-state index contributed by atoms with van der Waals surface area (Å²) >= 11 is 0. The maximum Gasteiger partial charge on any atom is 0.414 e. The van der Waals surface area contributed by atoms with Crippen molar-refractivity contribution >= 4 is 23.4 Å². The molecular weight excluding hydrogens is 420 g/mol. The summed E-state index contributed by atoms with van der Waals surface area (Å²) in [5, 5.41) is 12.8. The van der Waals surface area contributed by atoms with E-state index in [-0.39, 0.29) is 24.6 Å². The van der Waals surface area contributed by atoms with Gasteiger partial charge in [0, 0.05) is 23.6 Å². The standard InChI is InChI=1S/C25H22N4O4/c1-15-22(27-28-26)11-16(13-24(30)31)12-23(15)29(2)25(32)33-14-21-19-9-5-3-7-17(19)18-8-4-6-10-20(18)21/h3-12,21H,13-14H2,1-2H3,(H,30,31). The highest BCUT2D eigenvalue weighted by molar-refractivity contribution is 5.90. The van der Waals surface area contributed by atoms with Crippen LogP contribution in [0.5, 0.6) is 0 Å². The highest BCUT2D eigenvalue weighted by atomic mass is 16.6. The molecule has 1 amide bonds. The highest BCUT2D eigenvalue weighted by Crippen LogP contribution is 2.44. The predicted molar refractivity (Wildman–Crippen MR) is 125 cm³/mol. The maximum absolute atomic E-state index is 13.0. The van der Waals surface area contributed by atoms with Crippen LogP contribution < -0.4 is 4.90 Å². The van der Waals surface area contributed by atoms with Gasteiger partial charge in [0.25, 0.3) is 0 Å². The fourth-order valence-electron chi connectivity index (χ4n) is 4.31. The molecule has 0 aliphatic heterocycles. The van der Waals surface area contributed by atoms with Crippen LogP contribution in [0, 0.1) is 6.92 Å². The molecule has 1 aliphatic carbocycles. The molecule has 0 aromatic heterocycles. The Kier molecular flexibility index (Phi) is 6.02. The van der Waals surface area contributed by atoms with Gasteiger partial charge in [-0.15, -0.1) is 0 Å². The molecule has 0 unspecified atom stereocenters. The second-order valence-corrected chi connectivity index (χ2v) is 7.88. The zero-order valence-corrected chi connectivity index (χ0v) is 18.2. The van der Waals surface area contributed by atoms with Gasteiger partial charge in [-0.25, -0.2) is 4.79 Å². The van der Waals surface area contributed by atoms with Crippen LogP contribution in [0.4, 0.5) is 16.2 Å². The van der Waals surface area contributed by atoms with Gasteiger partial charge >= 0.3 is 12.1 Å². The number of amides is 1. The molecule has 33 heavy (non-hydrogen) atoms. The summed E-state index contributed by atoms with van der Waals surface area (Å²) in [4.78, 5) is 28.3. The van der Waals surface area contributed by atoms with E-state index in [1.807, 2.05) is 36.4 Å². The van der Waals surface area contributed by atoms with Gasteiger partial charge in [0.1, 0.15) is 6.61 Å². The number of aliphatic carboxylic acids is 1. The van der Waals surface area contributed by atoms with E-state index in [2.05, 4.69) is 22.2 Å². The van der Waals surface area contributed by atoms with Crippen molar-refractivity contribution in [2.75, 3.05) is 18.6 Å². The Balaban J connectivity index is 1.58. The normalized spacial score (nSPS) is 11.8. The van der Waals surface area contributed by atoms with Gasteiger partial charge in [-0.3, -0.25) is 9.69 Å². The smallest absolute Gasteiger partial charge is 0.414 e. The number of benzene rings is 3. The number of hydrogen-bond donors (Lipinski definition) is 1. The topological polar surface area (TPSA) is 116 Å². The van der Waals surface area contributed by atoms with Crippen LogP contribution in [-0.2, 0) is 16.0 Å². The minimum absolute atomic E-state index is 0.0760. The molecule has 0 atom stereocenters. The van der Waals surface area contributed by atoms with E-state index in [9.17, 15) is 9.59 Å². The number of hydrogen-bond acceptors (Lipinski definition) is 4. The Labute approximate surface area is 190 Å². The molecule has 8 heteroatoms. The van der Waals surface area contributed by atoms with Crippen molar-refractivity contribution in [3.63, 3.8) is 0 Å². The summed E-state index contributed by atoms with van der Waals surface area (Å²) in [5.74, 6) is -1.10. The first-order chi connectivity index (χ1) is 15.9. The average Bonchev–Trinajstić information content (AvgIpc) is 3.12. The summed E-state index contributed by atoms with van der Waals surface area (Å²) in [6.07, 6.45) is -0.848. The van der Waals surface area contributed by atoms with Gasteiger partial charge in [0.2, 0.25) is 0 Å². The minimum Gasteiger partial charge on any atom is -0.481 e. The number of fused-ring (bicyclic) bond motifs is 3. The van der Waals surface area contributed by atoms with Crippen LogP contribution >= 0.6 is 0 Å². The van der Waals surface area contributed by atoms with Crippen LogP contribution in [0.25, 0.3) is 21.6 Å². The molecule has 0 spiro atoms. The molecule has 0 saturated heterocycles. The third-order valence-electron chi connectivity index (χ3n) is 5.89. The lowest BCUT2D eigenvalue weighted by molar-refractivity contribution is -0.136. The van der Waals surface area contributed by atoms with Gasteiger partial charge < -0.3 is 9.84 Å². The predicted octanol–water partition coefficient (Wildman–Crippen LogP) is 5.95. The molecule has 3 aromatic rings. The van der Waals surface area contributed by atoms with Crippen molar-refractivity contribution in [1.29, 1.82) is 0 Å². The van der Waals surface area contributed by atoms with Gasteiger partial charge in [-0.1, -0.05) is 53.6 Å². The summed E-state index contributed by atoms with van der Waals surface area (Å²) in [5.41, 5.74) is 15.0. The van der Waals surface area contributed by atoms with Crippen molar-refractivity contribution in [2.24, 2.45) is 5.11 Å². The zero-order valence-electron chi connectivity index (χ0n) is 18.2. The van der Waals surface area contributed by atoms with Crippen LogP contribution in [0.3, 0.4) is 0 Å². The second kappa shape index (κ2) is 9.06. The number of anilines is 1. The first-order valence-corrected chi connectivity index (χ1v) is 10.4. The van der Waals surface area contributed by atoms with E-state index in [4.69, 9.17) is 15.4 Å². The van der Waals surface area contributed by atoms with E-state index >= 15 is 0 Å². The van der Waals surface area contributed by atoms with E-state index in [0.29, 0.717) is 16.8 Å². The number of nitrogens with zero attached hydrogens (tertiary/aromatic N) is 4. The van der Waals surface area contributed by atoms with Crippen molar-refractivity contribution in [3.05, 3.63) is 93.4 Å². The fraction of sp³-hybridized carbons (Fsp3) is 0.200. The van der Waals surface area contributed by atoms with Crippen molar-refractivity contribution < 1.29 is 19.4 Å². The molecule has 0 bridgehead atoms. The fourth-order valence-corrected chi connectivity index (χ4v) is 4.31. The summed E-state index contributed by atoms with van der Waals surface area (Å²) in [7, 11) is 1.55. The number of carbonyl (C=O) groups excluding carboxylic acids is 1. The Hall–Kier alpha value is -4.29. The van der Waals surface area contributed by atoms with Crippen LogP contribution in [0.1, 0.15) is 28.2 Å². The number of ether oxygens (including phenoxy) is 1. The Bertz CT molecular complexity index is 1250. The molecule has 0 radical (unpaired) electrons. The Morgan fingerprint density at radius 2 is 1.70 bits per heavy atom. The molecule has 0 heterocycles.